The minimum atomic E-state index is -1.05. The van der Waals surface area contributed by atoms with Crippen molar-refractivity contribution in [1.29, 1.82) is 0 Å². The average molecular weight is 392 g/mol. The summed E-state index contributed by atoms with van der Waals surface area (Å²) >= 11 is 0. The third-order valence-corrected chi connectivity index (χ3v) is 3.53. The van der Waals surface area contributed by atoms with Gasteiger partial charge in [-0.2, -0.15) is 5.10 Å². The lowest BCUT2D eigenvalue weighted by Gasteiger charge is -2.09. The van der Waals surface area contributed by atoms with Crippen LogP contribution in [0.5, 0.6) is 0 Å². The van der Waals surface area contributed by atoms with Gasteiger partial charge in [-0.25, -0.2) is 4.79 Å². The van der Waals surface area contributed by atoms with Gasteiger partial charge in [0, 0.05) is 16.9 Å². The molecule has 2 amide bonds. The molecular formula is C21H24N6O2. The standard InChI is InChI=1S/C21H24N6O2/c1-14(26-27-19(22)23)16-6-10-18(11-7-16)25-20(28)24-17-8-4-15(5-9-17)12-13-21(2,3)29/h4-11,29H,1-3H3,(H4,22,23,27)(H2,24,25,28)/b26-14+. The van der Waals surface area contributed by atoms with Crippen LogP contribution in [0, 0.1) is 11.8 Å². The Labute approximate surface area is 169 Å². The SMILES string of the molecule is C/C(=N\N=C(N)N)c1ccc(NC(=O)Nc2ccc(C#CC(C)(C)O)cc2)cc1. The van der Waals surface area contributed by atoms with Gasteiger partial charge in [0.05, 0.1) is 5.71 Å². The highest BCUT2D eigenvalue weighted by Crippen LogP contribution is 2.13. The number of hydrogen-bond acceptors (Lipinski definition) is 4. The van der Waals surface area contributed by atoms with E-state index in [0.29, 0.717) is 17.1 Å². The van der Waals surface area contributed by atoms with Gasteiger partial charge in [-0.1, -0.05) is 24.0 Å². The zero-order chi connectivity index (χ0) is 21.4. The van der Waals surface area contributed by atoms with Gasteiger partial charge in [0.2, 0.25) is 5.96 Å². The summed E-state index contributed by atoms with van der Waals surface area (Å²) in [6.07, 6.45) is 0. The third kappa shape index (κ3) is 7.74. The van der Waals surface area contributed by atoms with Gasteiger partial charge >= 0.3 is 6.03 Å². The second-order valence-corrected chi connectivity index (χ2v) is 6.75. The van der Waals surface area contributed by atoms with E-state index in [2.05, 4.69) is 32.7 Å². The summed E-state index contributed by atoms with van der Waals surface area (Å²) in [5, 5.41) is 22.6. The third-order valence-electron chi connectivity index (χ3n) is 3.53. The maximum Gasteiger partial charge on any atom is 0.323 e. The van der Waals surface area contributed by atoms with Gasteiger partial charge in [0.1, 0.15) is 5.60 Å². The van der Waals surface area contributed by atoms with Crippen LogP contribution in [0.2, 0.25) is 0 Å². The fraction of sp³-hybridized carbons (Fsp3) is 0.190. The largest absolute Gasteiger partial charge is 0.378 e. The highest BCUT2D eigenvalue weighted by Gasteiger charge is 2.06. The number of aliphatic hydroxyl groups is 1. The summed E-state index contributed by atoms with van der Waals surface area (Å²) in [5.41, 5.74) is 12.9. The van der Waals surface area contributed by atoms with E-state index in [9.17, 15) is 9.90 Å². The van der Waals surface area contributed by atoms with Crippen molar-refractivity contribution >= 4 is 29.1 Å². The van der Waals surface area contributed by atoms with Crippen LogP contribution in [0.25, 0.3) is 0 Å². The van der Waals surface area contributed by atoms with E-state index in [4.69, 9.17) is 11.5 Å². The monoisotopic (exact) mass is 392 g/mol. The number of amides is 2. The molecule has 0 atom stereocenters. The molecule has 2 aromatic rings. The Bertz CT molecular complexity index is 971. The maximum absolute atomic E-state index is 12.2. The van der Waals surface area contributed by atoms with Crippen LogP contribution in [0.4, 0.5) is 16.2 Å². The molecule has 0 unspecified atom stereocenters. The molecule has 0 aliphatic heterocycles. The zero-order valence-corrected chi connectivity index (χ0v) is 16.5. The summed E-state index contributed by atoms with van der Waals surface area (Å²) in [7, 11) is 0. The van der Waals surface area contributed by atoms with Crippen LogP contribution in [0.1, 0.15) is 31.9 Å². The van der Waals surface area contributed by atoms with Crippen LogP contribution in [0.3, 0.4) is 0 Å². The minimum absolute atomic E-state index is 0.114. The van der Waals surface area contributed by atoms with Crippen molar-refractivity contribution < 1.29 is 9.90 Å². The lowest BCUT2D eigenvalue weighted by Crippen LogP contribution is -2.22. The molecule has 29 heavy (non-hydrogen) atoms. The molecule has 0 aliphatic rings. The van der Waals surface area contributed by atoms with E-state index in [0.717, 1.165) is 11.1 Å². The molecule has 0 aromatic heterocycles. The molecule has 0 saturated carbocycles. The van der Waals surface area contributed by atoms with Crippen LogP contribution in [0.15, 0.2) is 58.7 Å². The topological polar surface area (TPSA) is 138 Å². The van der Waals surface area contributed by atoms with Crippen LogP contribution in [-0.4, -0.2) is 28.4 Å². The molecule has 0 aliphatic carbocycles. The first-order chi connectivity index (χ1) is 13.6. The lowest BCUT2D eigenvalue weighted by atomic mass is 10.1. The second kappa shape index (κ2) is 9.39. The van der Waals surface area contributed by atoms with Crippen molar-refractivity contribution in [2.75, 3.05) is 10.6 Å². The van der Waals surface area contributed by atoms with E-state index in [1.165, 1.54) is 0 Å². The van der Waals surface area contributed by atoms with Gasteiger partial charge in [-0.3, -0.25) is 0 Å². The fourth-order valence-corrected chi connectivity index (χ4v) is 2.14. The van der Waals surface area contributed by atoms with Gasteiger partial charge in [0.15, 0.2) is 0 Å². The molecule has 0 saturated heterocycles. The van der Waals surface area contributed by atoms with Gasteiger partial charge < -0.3 is 27.2 Å². The molecular weight excluding hydrogens is 368 g/mol. The average Bonchev–Trinajstić information content (AvgIpc) is 2.65. The number of anilines is 2. The van der Waals surface area contributed by atoms with Gasteiger partial charge in [-0.05, 0) is 62.7 Å². The van der Waals surface area contributed by atoms with E-state index in [1.54, 1.807) is 69.3 Å². The Hall–Kier alpha value is -3.83. The summed E-state index contributed by atoms with van der Waals surface area (Å²) in [5.74, 6) is 5.50. The maximum atomic E-state index is 12.2. The number of nitrogens with two attached hydrogens (primary N) is 2. The zero-order valence-electron chi connectivity index (χ0n) is 16.5. The number of carbonyl (C=O) groups is 1. The summed E-state index contributed by atoms with van der Waals surface area (Å²) in [4.78, 5) is 12.2. The Balaban J connectivity index is 1.96. The van der Waals surface area contributed by atoms with Crippen molar-refractivity contribution in [2.24, 2.45) is 21.7 Å². The van der Waals surface area contributed by atoms with Crippen molar-refractivity contribution in [3.8, 4) is 11.8 Å². The number of rotatable bonds is 4. The summed E-state index contributed by atoms with van der Waals surface area (Å²) < 4.78 is 0. The van der Waals surface area contributed by atoms with E-state index in [1.807, 2.05) is 0 Å². The lowest BCUT2D eigenvalue weighted by molar-refractivity contribution is 0.143. The molecule has 0 bridgehead atoms. The quantitative estimate of drug-likeness (QED) is 0.236. The molecule has 8 heteroatoms. The summed E-state index contributed by atoms with van der Waals surface area (Å²) in [6.45, 7) is 5.01. The van der Waals surface area contributed by atoms with E-state index >= 15 is 0 Å². The van der Waals surface area contributed by atoms with Crippen molar-refractivity contribution in [2.45, 2.75) is 26.4 Å². The van der Waals surface area contributed by atoms with Crippen molar-refractivity contribution in [1.82, 2.24) is 0 Å². The Morgan fingerprint density at radius 1 is 0.966 bits per heavy atom. The minimum Gasteiger partial charge on any atom is -0.378 e. The van der Waals surface area contributed by atoms with Crippen LogP contribution < -0.4 is 22.1 Å². The summed E-state index contributed by atoms with van der Waals surface area (Å²) in [6, 6.07) is 13.7. The molecule has 0 fully saturated rings. The molecule has 0 heterocycles. The first-order valence-electron chi connectivity index (χ1n) is 8.80. The number of benzene rings is 2. The predicted molar refractivity (Wildman–Crippen MR) is 117 cm³/mol. The first-order valence-corrected chi connectivity index (χ1v) is 8.80. The molecule has 150 valence electrons. The van der Waals surface area contributed by atoms with Crippen molar-refractivity contribution in [3.05, 3.63) is 59.7 Å². The number of guanidine groups is 1. The smallest absolute Gasteiger partial charge is 0.323 e. The van der Waals surface area contributed by atoms with Crippen LogP contribution >= 0.6 is 0 Å². The number of carbonyl (C=O) groups excluding carboxylic acids is 1. The Morgan fingerprint density at radius 2 is 1.48 bits per heavy atom. The molecule has 0 spiro atoms. The van der Waals surface area contributed by atoms with Crippen LogP contribution in [-0.2, 0) is 0 Å². The highest BCUT2D eigenvalue weighted by molar-refractivity contribution is 6.01. The number of urea groups is 1. The first kappa shape index (κ1) is 21.5. The normalized spacial score (nSPS) is 11.1. The van der Waals surface area contributed by atoms with Gasteiger partial charge in [-0.15, -0.1) is 5.10 Å². The Kier molecular flexibility index (Phi) is 6.95. The number of nitrogens with one attached hydrogen (secondary N) is 2. The molecule has 0 radical (unpaired) electrons. The Morgan fingerprint density at radius 3 is 1.97 bits per heavy atom. The fourth-order valence-electron chi connectivity index (χ4n) is 2.14. The number of hydrogen-bond donors (Lipinski definition) is 5. The molecule has 7 N–H and O–H groups in total. The number of nitrogens with zero attached hydrogens (tertiary/aromatic N) is 2. The van der Waals surface area contributed by atoms with Gasteiger partial charge in [0.25, 0.3) is 0 Å². The molecule has 2 rings (SSSR count). The van der Waals surface area contributed by atoms with E-state index < -0.39 is 5.60 Å². The second-order valence-electron chi connectivity index (χ2n) is 6.75. The molecule has 2 aromatic carbocycles. The molecule has 8 nitrogen and oxygen atoms in total. The van der Waals surface area contributed by atoms with E-state index in [-0.39, 0.29) is 12.0 Å². The predicted octanol–water partition coefficient (Wildman–Crippen LogP) is 2.45. The highest BCUT2D eigenvalue weighted by atomic mass is 16.3. The van der Waals surface area contributed by atoms with Crippen molar-refractivity contribution in [3.63, 3.8) is 0 Å².